The lowest BCUT2D eigenvalue weighted by Gasteiger charge is -2.08. The van der Waals surface area contributed by atoms with Crippen molar-refractivity contribution in [3.05, 3.63) is 66.2 Å². The zero-order chi connectivity index (χ0) is 18.6. The predicted molar refractivity (Wildman–Crippen MR) is 95.6 cm³/mol. The number of rotatable bonds is 7. The van der Waals surface area contributed by atoms with Crippen LogP contribution in [-0.4, -0.2) is 27.7 Å². The molecule has 0 radical (unpaired) electrons. The highest BCUT2D eigenvalue weighted by Crippen LogP contribution is 2.32. The van der Waals surface area contributed by atoms with E-state index in [-0.39, 0.29) is 24.1 Å². The van der Waals surface area contributed by atoms with E-state index in [9.17, 15) is 13.2 Å². The summed E-state index contributed by atoms with van der Waals surface area (Å²) in [6.45, 7) is 4.14. The van der Waals surface area contributed by atoms with Crippen LogP contribution in [0.15, 0.2) is 60.0 Å². The third kappa shape index (κ3) is 4.04. The topological polar surface area (TPSA) is 93.7 Å². The molecule has 1 amide bonds. The molecule has 7 nitrogen and oxygen atoms in total. The Labute approximate surface area is 151 Å². The number of benzene rings is 2. The molecule has 3 rings (SSSR count). The number of amides is 1. The van der Waals surface area contributed by atoms with Gasteiger partial charge in [0.25, 0.3) is 5.91 Å². The van der Waals surface area contributed by atoms with Crippen LogP contribution in [0, 0.1) is 0 Å². The quantitative estimate of drug-likeness (QED) is 0.721. The van der Waals surface area contributed by atoms with E-state index in [2.05, 4.69) is 16.6 Å². The number of sulfonamides is 1. The van der Waals surface area contributed by atoms with Gasteiger partial charge in [-0.2, -0.15) is 0 Å². The van der Waals surface area contributed by atoms with Crippen molar-refractivity contribution in [2.24, 2.45) is 0 Å². The SMILES string of the molecule is C=CCNC(=O)c1ccc(S(=O)(=O)NCc2ccc3c(c2)OCO3)cc1. The molecule has 0 aromatic heterocycles. The zero-order valence-electron chi connectivity index (χ0n) is 13.9. The average molecular weight is 374 g/mol. The first-order valence-corrected chi connectivity index (χ1v) is 9.35. The molecule has 26 heavy (non-hydrogen) atoms. The van der Waals surface area contributed by atoms with Gasteiger partial charge >= 0.3 is 0 Å². The van der Waals surface area contributed by atoms with Crippen molar-refractivity contribution in [1.29, 1.82) is 0 Å². The molecular weight excluding hydrogens is 356 g/mol. The van der Waals surface area contributed by atoms with Gasteiger partial charge < -0.3 is 14.8 Å². The Kier molecular flexibility index (Phi) is 5.24. The molecule has 0 unspecified atom stereocenters. The summed E-state index contributed by atoms with van der Waals surface area (Å²) in [7, 11) is -3.70. The highest BCUT2D eigenvalue weighted by molar-refractivity contribution is 7.89. The van der Waals surface area contributed by atoms with Gasteiger partial charge in [0.1, 0.15) is 0 Å². The molecule has 1 aliphatic rings. The Morgan fingerprint density at radius 1 is 1.12 bits per heavy atom. The lowest BCUT2D eigenvalue weighted by Crippen LogP contribution is -2.24. The zero-order valence-corrected chi connectivity index (χ0v) is 14.7. The van der Waals surface area contributed by atoms with E-state index in [4.69, 9.17) is 9.47 Å². The average Bonchev–Trinajstić information content (AvgIpc) is 3.12. The van der Waals surface area contributed by atoms with Gasteiger partial charge in [0.15, 0.2) is 11.5 Å². The number of hydrogen-bond acceptors (Lipinski definition) is 5. The first kappa shape index (κ1) is 18.0. The van der Waals surface area contributed by atoms with E-state index in [0.717, 1.165) is 5.56 Å². The highest BCUT2D eigenvalue weighted by Gasteiger charge is 2.17. The van der Waals surface area contributed by atoms with Crippen molar-refractivity contribution in [1.82, 2.24) is 10.0 Å². The number of fused-ring (bicyclic) bond motifs is 1. The molecule has 136 valence electrons. The normalized spacial score (nSPS) is 12.6. The van der Waals surface area contributed by atoms with Crippen LogP contribution in [-0.2, 0) is 16.6 Å². The molecule has 0 spiro atoms. The van der Waals surface area contributed by atoms with Gasteiger partial charge in [0, 0.05) is 18.7 Å². The second-order valence-electron chi connectivity index (χ2n) is 5.54. The molecule has 0 atom stereocenters. The van der Waals surface area contributed by atoms with Gasteiger partial charge in [0.05, 0.1) is 4.90 Å². The largest absolute Gasteiger partial charge is 0.454 e. The van der Waals surface area contributed by atoms with Crippen LogP contribution in [0.2, 0.25) is 0 Å². The summed E-state index contributed by atoms with van der Waals surface area (Å²) in [4.78, 5) is 11.9. The Balaban J connectivity index is 1.66. The molecule has 2 aromatic rings. The van der Waals surface area contributed by atoms with Gasteiger partial charge in [-0.05, 0) is 42.0 Å². The second-order valence-corrected chi connectivity index (χ2v) is 7.30. The molecule has 0 bridgehead atoms. The molecule has 0 aliphatic carbocycles. The number of carbonyl (C=O) groups is 1. The number of hydrogen-bond donors (Lipinski definition) is 2. The fourth-order valence-electron chi connectivity index (χ4n) is 2.36. The van der Waals surface area contributed by atoms with Crippen molar-refractivity contribution < 1.29 is 22.7 Å². The van der Waals surface area contributed by atoms with Crippen molar-refractivity contribution in [3.63, 3.8) is 0 Å². The van der Waals surface area contributed by atoms with Crippen molar-refractivity contribution in [3.8, 4) is 11.5 Å². The minimum absolute atomic E-state index is 0.0820. The second kappa shape index (κ2) is 7.59. The smallest absolute Gasteiger partial charge is 0.251 e. The fourth-order valence-corrected chi connectivity index (χ4v) is 3.38. The van der Waals surface area contributed by atoms with E-state index < -0.39 is 10.0 Å². The van der Waals surface area contributed by atoms with Gasteiger partial charge in [-0.1, -0.05) is 12.1 Å². The summed E-state index contributed by atoms with van der Waals surface area (Å²) in [5, 5.41) is 2.63. The maximum atomic E-state index is 12.4. The molecule has 1 aliphatic heterocycles. The standard InChI is InChI=1S/C18H18N2O5S/c1-2-9-19-18(21)14-4-6-15(7-5-14)26(22,23)20-11-13-3-8-16-17(10-13)25-12-24-16/h2-8,10,20H,1,9,11-12H2,(H,19,21). The van der Waals surface area contributed by atoms with E-state index in [1.54, 1.807) is 24.3 Å². The maximum Gasteiger partial charge on any atom is 0.251 e. The molecule has 8 heteroatoms. The first-order valence-electron chi connectivity index (χ1n) is 7.87. The van der Waals surface area contributed by atoms with E-state index in [1.165, 1.54) is 24.3 Å². The third-order valence-corrected chi connectivity index (χ3v) is 5.15. The first-order chi connectivity index (χ1) is 12.5. The summed E-state index contributed by atoms with van der Waals surface area (Å²) >= 11 is 0. The highest BCUT2D eigenvalue weighted by atomic mass is 32.2. The number of carbonyl (C=O) groups excluding carboxylic acids is 1. The fraction of sp³-hybridized carbons (Fsp3) is 0.167. The van der Waals surface area contributed by atoms with Gasteiger partial charge in [-0.25, -0.2) is 13.1 Å². The van der Waals surface area contributed by atoms with Crippen LogP contribution in [0.4, 0.5) is 0 Å². The van der Waals surface area contributed by atoms with E-state index in [0.29, 0.717) is 23.6 Å². The summed E-state index contributed by atoms with van der Waals surface area (Å²) in [5.74, 6) is 0.945. The van der Waals surface area contributed by atoms with Crippen LogP contribution in [0.1, 0.15) is 15.9 Å². The minimum atomic E-state index is -3.70. The predicted octanol–water partition coefficient (Wildman–Crippen LogP) is 1.81. The molecule has 0 fully saturated rings. The molecule has 2 aromatic carbocycles. The third-order valence-electron chi connectivity index (χ3n) is 3.74. The van der Waals surface area contributed by atoms with Gasteiger partial charge in [0.2, 0.25) is 16.8 Å². The summed E-state index contributed by atoms with van der Waals surface area (Å²) < 4.78 is 37.9. The maximum absolute atomic E-state index is 12.4. The van der Waals surface area contributed by atoms with Crippen LogP contribution < -0.4 is 19.5 Å². The monoisotopic (exact) mass is 374 g/mol. The van der Waals surface area contributed by atoms with Crippen LogP contribution in [0.5, 0.6) is 11.5 Å². The molecule has 0 saturated heterocycles. The van der Waals surface area contributed by atoms with E-state index in [1.807, 2.05) is 0 Å². The van der Waals surface area contributed by atoms with Crippen LogP contribution in [0.25, 0.3) is 0 Å². The summed E-state index contributed by atoms with van der Waals surface area (Å²) in [5.41, 5.74) is 1.12. The summed E-state index contributed by atoms with van der Waals surface area (Å²) in [6, 6.07) is 11.0. The Hall–Kier alpha value is -2.84. The van der Waals surface area contributed by atoms with Gasteiger partial charge in [-0.15, -0.1) is 6.58 Å². The minimum Gasteiger partial charge on any atom is -0.454 e. The lowest BCUT2D eigenvalue weighted by molar-refractivity contribution is 0.0958. The summed E-state index contributed by atoms with van der Waals surface area (Å²) in [6.07, 6.45) is 1.57. The lowest BCUT2D eigenvalue weighted by atomic mass is 10.2. The molecule has 0 saturated carbocycles. The van der Waals surface area contributed by atoms with Crippen molar-refractivity contribution in [2.45, 2.75) is 11.4 Å². The van der Waals surface area contributed by atoms with E-state index >= 15 is 0 Å². The van der Waals surface area contributed by atoms with Crippen molar-refractivity contribution in [2.75, 3.05) is 13.3 Å². The number of ether oxygens (including phenoxy) is 2. The Bertz CT molecular complexity index is 923. The van der Waals surface area contributed by atoms with Crippen LogP contribution in [0.3, 0.4) is 0 Å². The number of nitrogens with one attached hydrogen (secondary N) is 2. The molecule has 2 N–H and O–H groups in total. The van der Waals surface area contributed by atoms with Crippen molar-refractivity contribution >= 4 is 15.9 Å². The molecular formula is C18H18N2O5S. The molecule has 1 heterocycles. The Morgan fingerprint density at radius 2 is 1.85 bits per heavy atom. The Morgan fingerprint density at radius 3 is 2.58 bits per heavy atom. The van der Waals surface area contributed by atoms with Gasteiger partial charge in [-0.3, -0.25) is 4.79 Å². The van der Waals surface area contributed by atoms with Crippen LogP contribution >= 0.6 is 0 Å².